The monoisotopic (exact) mass is 301 g/mol. The summed E-state index contributed by atoms with van der Waals surface area (Å²) in [4.78, 5) is 0. The van der Waals surface area contributed by atoms with Crippen LogP contribution in [-0.4, -0.2) is 16.3 Å². The summed E-state index contributed by atoms with van der Waals surface area (Å²) < 4.78 is 15.3. The first kappa shape index (κ1) is 15.2. The SMILES string of the molecule is CCCCCCn1nc(-c2ccc(F)cc2)c2c1CCNC2. The van der Waals surface area contributed by atoms with Crippen LogP contribution in [-0.2, 0) is 19.5 Å². The standard InChI is InChI=1S/C18H24FN3/c1-2-3-4-5-12-22-17-10-11-20-13-16(17)18(21-22)14-6-8-15(19)9-7-14/h6-9,20H,2-5,10-13H2,1H3. The molecule has 118 valence electrons. The van der Waals surface area contributed by atoms with Gasteiger partial charge >= 0.3 is 0 Å². The van der Waals surface area contributed by atoms with Crippen LogP contribution in [0.1, 0.15) is 43.9 Å². The average Bonchev–Trinajstić information content (AvgIpc) is 2.91. The molecule has 3 rings (SSSR count). The summed E-state index contributed by atoms with van der Waals surface area (Å²) in [5.74, 6) is -0.199. The van der Waals surface area contributed by atoms with Crippen molar-refractivity contribution in [3.05, 3.63) is 41.3 Å². The third kappa shape index (κ3) is 3.22. The molecule has 2 heterocycles. The van der Waals surface area contributed by atoms with Crippen LogP contribution in [0.25, 0.3) is 11.3 Å². The summed E-state index contributed by atoms with van der Waals surface area (Å²) in [6.45, 7) is 5.09. The number of hydrogen-bond acceptors (Lipinski definition) is 2. The number of nitrogens with zero attached hydrogens (tertiary/aromatic N) is 2. The zero-order valence-corrected chi connectivity index (χ0v) is 13.2. The van der Waals surface area contributed by atoms with Gasteiger partial charge in [0, 0.05) is 42.9 Å². The van der Waals surface area contributed by atoms with E-state index in [1.165, 1.54) is 49.1 Å². The number of rotatable bonds is 6. The van der Waals surface area contributed by atoms with Crippen LogP contribution in [0, 0.1) is 5.82 Å². The molecule has 3 nitrogen and oxygen atoms in total. The molecule has 0 spiro atoms. The molecule has 0 amide bonds. The van der Waals surface area contributed by atoms with Crippen molar-refractivity contribution in [3.63, 3.8) is 0 Å². The lowest BCUT2D eigenvalue weighted by Gasteiger charge is -2.15. The number of fused-ring (bicyclic) bond motifs is 1. The first-order valence-corrected chi connectivity index (χ1v) is 8.35. The van der Waals surface area contributed by atoms with Crippen molar-refractivity contribution in [3.8, 4) is 11.3 Å². The molecule has 0 unspecified atom stereocenters. The molecule has 0 saturated carbocycles. The van der Waals surface area contributed by atoms with E-state index in [0.29, 0.717) is 0 Å². The molecule has 0 radical (unpaired) electrons. The van der Waals surface area contributed by atoms with Crippen molar-refractivity contribution in [1.29, 1.82) is 0 Å². The molecule has 1 N–H and O–H groups in total. The van der Waals surface area contributed by atoms with Gasteiger partial charge in [0.05, 0.1) is 5.69 Å². The molecule has 4 heteroatoms. The molecule has 1 aromatic heterocycles. The zero-order chi connectivity index (χ0) is 15.4. The average molecular weight is 301 g/mol. The summed E-state index contributed by atoms with van der Waals surface area (Å²) in [5, 5.41) is 8.27. The van der Waals surface area contributed by atoms with Crippen LogP contribution < -0.4 is 5.32 Å². The largest absolute Gasteiger partial charge is 0.312 e. The Hall–Kier alpha value is -1.68. The molecule has 0 aliphatic carbocycles. The maximum Gasteiger partial charge on any atom is 0.123 e. The third-order valence-corrected chi connectivity index (χ3v) is 4.35. The quantitative estimate of drug-likeness (QED) is 0.820. The molecule has 0 atom stereocenters. The number of benzene rings is 1. The van der Waals surface area contributed by atoms with E-state index in [2.05, 4.69) is 16.9 Å². The van der Waals surface area contributed by atoms with Gasteiger partial charge in [-0.05, 0) is 30.7 Å². The molecule has 2 aromatic rings. The fraction of sp³-hybridized carbons (Fsp3) is 0.500. The van der Waals surface area contributed by atoms with Crippen molar-refractivity contribution in [1.82, 2.24) is 15.1 Å². The fourth-order valence-corrected chi connectivity index (χ4v) is 3.13. The summed E-state index contributed by atoms with van der Waals surface area (Å²) in [6, 6.07) is 6.68. The Morgan fingerprint density at radius 3 is 2.77 bits per heavy atom. The maximum absolute atomic E-state index is 13.1. The fourth-order valence-electron chi connectivity index (χ4n) is 3.13. The molecule has 0 fully saturated rings. The van der Waals surface area contributed by atoms with E-state index in [-0.39, 0.29) is 5.82 Å². The lowest BCUT2D eigenvalue weighted by atomic mass is 10.0. The Morgan fingerprint density at radius 2 is 2.00 bits per heavy atom. The second-order valence-corrected chi connectivity index (χ2v) is 5.99. The number of nitrogens with one attached hydrogen (secondary N) is 1. The molecule has 0 bridgehead atoms. The Bertz CT molecular complexity index is 616. The molecular weight excluding hydrogens is 277 g/mol. The van der Waals surface area contributed by atoms with Gasteiger partial charge in [0.2, 0.25) is 0 Å². The van der Waals surface area contributed by atoms with Gasteiger partial charge in [0.25, 0.3) is 0 Å². The number of unbranched alkanes of at least 4 members (excludes halogenated alkanes) is 3. The summed E-state index contributed by atoms with van der Waals surface area (Å²) in [6.07, 6.45) is 6.00. The first-order chi connectivity index (χ1) is 10.8. The molecule has 22 heavy (non-hydrogen) atoms. The molecule has 1 aliphatic heterocycles. The van der Waals surface area contributed by atoms with Gasteiger partial charge < -0.3 is 5.32 Å². The first-order valence-electron chi connectivity index (χ1n) is 8.35. The number of hydrogen-bond donors (Lipinski definition) is 1. The predicted octanol–water partition coefficient (Wildman–Crippen LogP) is 3.92. The van der Waals surface area contributed by atoms with Crippen molar-refractivity contribution >= 4 is 0 Å². The van der Waals surface area contributed by atoms with E-state index >= 15 is 0 Å². The highest BCUT2D eigenvalue weighted by Gasteiger charge is 2.21. The Labute approximate surface area is 131 Å². The highest BCUT2D eigenvalue weighted by molar-refractivity contribution is 5.64. The zero-order valence-electron chi connectivity index (χ0n) is 13.2. The van der Waals surface area contributed by atoms with Crippen molar-refractivity contribution in [2.75, 3.05) is 6.54 Å². The van der Waals surface area contributed by atoms with E-state index < -0.39 is 0 Å². The highest BCUT2D eigenvalue weighted by Crippen LogP contribution is 2.28. The van der Waals surface area contributed by atoms with Crippen LogP contribution in [0.15, 0.2) is 24.3 Å². The van der Waals surface area contributed by atoms with Gasteiger partial charge in [0.15, 0.2) is 0 Å². The highest BCUT2D eigenvalue weighted by atomic mass is 19.1. The second-order valence-electron chi connectivity index (χ2n) is 5.99. The predicted molar refractivity (Wildman–Crippen MR) is 87.2 cm³/mol. The lowest BCUT2D eigenvalue weighted by molar-refractivity contribution is 0.510. The van der Waals surface area contributed by atoms with Crippen molar-refractivity contribution in [2.45, 2.75) is 52.1 Å². The molecular formula is C18H24FN3. The van der Waals surface area contributed by atoms with Gasteiger partial charge in [-0.1, -0.05) is 26.2 Å². The Balaban J connectivity index is 1.86. The second kappa shape index (κ2) is 7.05. The van der Waals surface area contributed by atoms with Gasteiger partial charge in [-0.3, -0.25) is 4.68 Å². The van der Waals surface area contributed by atoms with Gasteiger partial charge in [-0.25, -0.2) is 4.39 Å². The van der Waals surface area contributed by atoms with Crippen molar-refractivity contribution < 1.29 is 4.39 Å². The number of halogens is 1. The van der Waals surface area contributed by atoms with Gasteiger partial charge in [0.1, 0.15) is 5.82 Å². The van der Waals surface area contributed by atoms with Crippen LogP contribution >= 0.6 is 0 Å². The summed E-state index contributed by atoms with van der Waals surface area (Å²) in [7, 11) is 0. The normalized spacial score (nSPS) is 14.1. The smallest absolute Gasteiger partial charge is 0.123 e. The summed E-state index contributed by atoms with van der Waals surface area (Å²) in [5.41, 5.74) is 4.66. The van der Waals surface area contributed by atoms with E-state index in [1.807, 2.05) is 12.1 Å². The number of aryl methyl sites for hydroxylation is 1. The minimum Gasteiger partial charge on any atom is -0.312 e. The minimum atomic E-state index is -0.199. The molecule has 1 aliphatic rings. The molecule has 0 saturated heterocycles. The Kier molecular flexibility index (Phi) is 4.88. The minimum absolute atomic E-state index is 0.199. The Morgan fingerprint density at radius 1 is 1.18 bits per heavy atom. The van der Waals surface area contributed by atoms with Crippen LogP contribution in [0.5, 0.6) is 0 Å². The molecule has 1 aromatic carbocycles. The number of aromatic nitrogens is 2. The van der Waals surface area contributed by atoms with Gasteiger partial charge in [-0.15, -0.1) is 0 Å². The summed E-state index contributed by atoms with van der Waals surface area (Å²) >= 11 is 0. The van der Waals surface area contributed by atoms with Gasteiger partial charge in [-0.2, -0.15) is 5.10 Å². The van der Waals surface area contributed by atoms with Crippen LogP contribution in [0.2, 0.25) is 0 Å². The van der Waals surface area contributed by atoms with E-state index in [1.54, 1.807) is 0 Å². The lowest BCUT2D eigenvalue weighted by Crippen LogP contribution is -2.25. The van der Waals surface area contributed by atoms with E-state index in [0.717, 1.165) is 37.3 Å². The van der Waals surface area contributed by atoms with E-state index in [4.69, 9.17) is 5.10 Å². The van der Waals surface area contributed by atoms with Crippen LogP contribution in [0.4, 0.5) is 4.39 Å². The third-order valence-electron chi connectivity index (χ3n) is 4.35. The van der Waals surface area contributed by atoms with Crippen molar-refractivity contribution in [2.24, 2.45) is 0 Å². The topological polar surface area (TPSA) is 29.9 Å². The maximum atomic E-state index is 13.1. The van der Waals surface area contributed by atoms with Crippen LogP contribution in [0.3, 0.4) is 0 Å². The van der Waals surface area contributed by atoms with E-state index in [9.17, 15) is 4.39 Å².